The number of piperidine rings is 1. The van der Waals surface area contributed by atoms with Crippen molar-refractivity contribution in [3.8, 4) is 0 Å². The Hall–Kier alpha value is -1.44. The van der Waals surface area contributed by atoms with Gasteiger partial charge >= 0.3 is 0 Å². The zero-order valence-corrected chi connectivity index (χ0v) is 13.1. The van der Waals surface area contributed by atoms with E-state index in [0.29, 0.717) is 24.2 Å². The Morgan fingerprint density at radius 1 is 1.24 bits per heavy atom. The van der Waals surface area contributed by atoms with Crippen LogP contribution < -0.4 is 5.48 Å². The monoisotopic (exact) mass is 312 g/mol. The Morgan fingerprint density at radius 3 is 2.52 bits per heavy atom. The highest BCUT2D eigenvalue weighted by Gasteiger charge is 2.27. The molecular weight excluding hydrogens is 292 g/mol. The molecule has 2 rings (SSSR count). The summed E-state index contributed by atoms with van der Waals surface area (Å²) >= 11 is 0. The smallest absolute Gasteiger partial charge is 0.275 e. The van der Waals surface area contributed by atoms with Crippen molar-refractivity contribution < 1.29 is 18.0 Å². The number of nitrogens with zero attached hydrogens (tertiary/aromatic N) is 1. The number of nitrogens with one attached hydrogen (secondary N) is 1. The molecule has 6 nitrogen and oxygen atoms in total. The minimum absolute atomic E-state index is 0.149. The average molecular weight is 312 g/mol. The molecule has 0 aliphatic carbocycles. The Kier molecular flexibility index (Phi) is 4.97. The van der Waals surface area contributed by atoms with Crippen molar-refractivity contribution in [1.29, 1.82) is 0 Å². The molecule has 0 aromatic heterocycles. The van der Waals surface area contributed by atoms with Gasteiger partial charge in [-0.05, 0) is 37.5 Å². The first kappa shape index (κ1) is 15.9. The molecule has 0 radical (unpaired) electrons. The first-order valence-corrected chi connectivity index (χ1v) is 8.35. The van der Waals surface area contributed by atoms with E-state index in [0.717, 1.165) is 19.3 Å². The lowest BCUT2D eigenvalue weighted by atomic mass is 10.1. The summed E-state index contributed by atoms with van der Waals surface area (Å²) in [7, 11) is -2.20. The minimum Gasteiger partial charge on any atom is -0.277 e. The number of hydrogen-bond donors (Lipinski definition) is 1. The molecule has 1 aromatic rings. The summed E-state index contributed by atoms with van der Waals surface area (Å²) in [6.45, 7) is 2.83. The summed E-state index contributed by atoms with van der Waals surface area (Å²) in [5, 5.41) is 0. The van der Waals surface area contributed by atoms with E-state index in [1.165, 1.54) is 17.5 Å². The molecule has 1 fully saturated rings. The van der Waals surface area contributed by atoms with Crippen molar-refractivity contribution in [3.05, 3.63) is 29.3 Å². The van der Waals surface area contributed by atoms with Crippen molar-refractivity contribution in [2.24, 2.45) is 0 Å². The van der Waals surface area contributed by atoms with Gasteiger partial charge in [-0.15, -0.1) is 0 Å². The molecule has 0 spiro atoms. The molecule has 1 N–H and O–H groups in total. The highest BCUT2D eigenvalue weighted by molar-refractivity contribution is 7.89. The van der Waals surface area contributed by atoms with Gasteiger partial charge in [0.1, 0.15) is 0 Å². The summed E-state index contributed by atoms with van der Waals surface area (Å²) in [4.78, 5) is 16.6. The highest BCUT2D eigenvalue weighted by atomic mass is 32.2. The number of amides is 1. The Labute approximate surface area is 125 Å². The maximum Gasteiger partial charge on any atom is 0.275 e. The van der Waals surface area contributed by atoms with Crippen LogP contribution in [0.2, 0.25) is 0 Å². The third-order valence-corrected chi connectivity index (χ3v) is 5.50. The molecule has 1 aliphatic heterocycles. The molecule has 1 aromatic carbocycles. The summed E-state index contributed by atoms with van der Waals surface area (Å²) in [5.41, 5.74) is 3.21. The molecule has 116 valence electrons. The Bertz CT molecular complexity index is 622. The van der Waals surface area contributed by atoms with Crippen LogP contribution in [0, 0.1) is 6.92 Å². The zero-order valence-electron chi connectivity index (χ0n) is 12.3. The number of sulfonamides is 1. The van der Waals surface area contributed by atoms with Crippen LogP contribution in [-0.2, 0) is 14.9 Å². The molecule has 1 saturated heterocycles. The van der Waals surface area contributed by atoms with E-state index in [9.17, 15) is 13.2 Å². The van der Waals surface area contributed by atoms with E-state index in [-0.39, 0.29) is 4.90 Å². The lowest BCUT2D eigenvalue weighted by Crippen LogP contribution is -2.35. The highest BCUT2D eigenvalue weighted by Crippen LogP contribution is 2.22. The summed E-state index contributed by atoms with van der Waals surface area (Å²) < 4.78 is 26.7. The lowest BCUT2D eigenvalue weighted by Gasteiger charge is -2.26. The Balaban J connectivity index is 2.35. The van der Waals surface area contributed by atoms with Gasteiger partial charge in [-0.2, -0.15) is 4.31 Å². The second-order valence-corrected chi connectivity index (χ2v) is 7.01. The third kappa shape index (κ3) is 3.42. The number of hydroxylamine groups is 1. The van der Waals surface area contributed by atoms with Crippen molar-refractivity contribution in [2.75, 3.05) is 20.2 Å². The molecule has 7 heteroatoms. The third-order valence-electron chi connectivity index (χ3n) is 3.60. The second kappa shape index (κ2) is 6.55. The molecule has 1 heterocycles. The van der Waals surface area contributed by atoms with Gasteiger partial charge in [-0.25, -0.2) is 13.9 Å². The van der Waals surface area contributed by atoms with E-state index < -0.39 is 15.9 Å². The summed E-state index contributed by atoms with van der Waals surface area (Å²) in [6.07, 6.45) is 2.81. The maximum absolute atomic E-state index is 12.6. The van der Waals surface area contributed by atoms with Gasteiger partial charge in [0.05, 0.1) is 12.0 Å². The van der Waals surface area contributed by atoms with E-state index in [4.69, 9.17) is 0 Å². The van der Waals surface area contributed by atoms with Gasteiger partial charge in [0.25, 0.3) is 5.91 Å². The Morgan fingerprint density at radius 2 is 1.90 bits per heavy atom. The summed E-state index contributed by atoms with van der Waals surface area (Å²) in [6, 6.07) is 4.60. The van der Waals surface area contributed by atoms with E-state index >= 15 is 0 Å². The predicted octanol–water partition coefficient (Wildman–Crippen LogP) is 1.46. The van der Waals surface area contributed by atoms with Crippen LogP contribution >= 0.6 is 0 Å². The summed E-state index contributed by atoms with van der Waals surface area (Å²) in [5.74, 6) is -0.453. The first-order valence-electron chi connectivity index (χ1n) is 6.91. The van der Waals surface area contributed by atoms with Crippen LogP contribution in [0.15, 0.2) is 23.1 Å². The molecule has 0 atom stereocenters. The molecule has 21 heavy (non-hydrogen) atoms. The number of hydrogen-bond acceptors (Lipinski definition) is 4. The van der Waals surface area contributed by atoms with E-state index in [2.05, 4.69) is 10.3 Å². The fraction of sp³-hybridized carbons (Fsp3) is 0.500. The molecule has 1 amide bonds. The number of rotatable bonds is 4. The van der Waals surface area contributed by atoms with Crippen LogP contribution in [0.1, 0.15) is 35.2 Å². The van der Waals surface area contributed by atoms with Crippen LogP contribution in [0.5, 0.6) is 0 Å². The van der Waals surface area contributed by atoms with Crippen LogP contribution in [0.4, 0.5) is 0 Å². The quantitative estimate of drug-likeness (QED) is 0.854. The first-order chi connectivity index (χ1) is 9.96. The van der Waals surface area contributed by atoms with Gasteiger partial charge in [-0.1, -0.05) is 12.5 Å². The minimum atomic E-state index is -3.54. The fourth-order valence-corrected chi connectivity index (χ4v) is 3.95. The number of aryl methyl sites for hydroxylation is 1. The SMILES string of the molecule is CONC(=O)c1cc(S(=O)(=O)N2CCCCC2)ccc1C. The van der Waals surface area contributed by atoms with Gasteiger partial charge in [0.2, 0.25) is 10.0 Å². The van der Waals surface area contributed by atoms with Crippen molar-refractivity contribution in [2.45, 2.75) is 31.1 Å². The topological polar surface area (TPSA) is 75.7 Å². The van der Waals surface area contributed by atoms with Crippen molar-refractivity contribution >= 4 is 15.9 Å². The van der Waals surface area contributed by atoms with Gasteiger partial charge in [0, 0.05) is 18.7 Å². The van der Waals surface area contributed by atoms with Gasteiger partial charge in [-0.3, -0.25) is 9.63 Å². The van der Waals surface area contributed by atoms with Crippen LogP contribution in [0.25, 0.3) is 0 Å². The average Bonchev–Trinajstić information content (AvgIpc) is 2.48. The standard InChI is InChI=1S/C14H20N2O4S/c1-11-6-7-12(10-13(11)14(17)15-20-2)21(18,19)16-8-4-3-5-9-16/h6-7,10H,3-5,8-9H2,1-2H3,(H,15,17). The molecule has 0 bridgehead atoms. The second-order valence-electron chi connectivity index (χ2n) is 5.08. The normalized spacial score (nSPS) is 16.7. The fourth-order valence-electron chi connectivity index (χ4n) is 2.41. The lowest BCUT2D eigenvalue weighted by molar-refractivity contribution is 0.0537. The van der Waals surface area contributed by atoms with Gasteiger partial charge in [0.15, 0.2) is 0 Å². The van der Waals surface area contributed by atoms with E-state index in [1.54, 1.807) is 19.1 Å². The van der Waals surface area contributed by atoms with Gasteiger partial charge < -0.3 is 0 Å². The van der Waals surface area contributed by atoms with Crippen LogP contribution in [0.3, 0.4) is 0 Å². The molecule has 1 aliphatic rings. The molecular formula is C14H20N2O4S. The maximum atomic E-state index is 12.6. The molecule has 0 unspecified atom stereocenters. The van der Waals surface area contributed by atoms with Crippen molar-refractivity contribution in [3.63, 3.8) is 0 Å². The van der Waals surface area contributed by atoms with Crippen molar-refractivity contribution in [1.82, 2.24) is 9.79 Å². The molecule has 0 saturated carbocycles. The zero-order chi connectivity index (χ0) is 15.5. The number of carbonyl (C=O) groups excluding carboxylic acids is 1. The number of benzene rings is 1. The van der Waals surface area contributed by atoms with E-state index in [1.807, 2.05) is 0 Å². The largest absolute Gasteiger partial charge is 0.277 e. The van der Waals surface area contributed by atoms with Crippen LogP contribution in [-0.4, -0.2) is 38.8 Å². The number of carbonyl (C=O) groups is 1. The predicted molar refractivity (Wildman–Crippen MR) is 78.3 cm³/mol.